The zero-order valence-corrected chi connectivity index (χ0v) is 26.3. The quantitative estimate of drug-likeness (QED) is 0.256. The van der Waals surface area contributed by atoms with Crippen molar-refractivity contribution >= 4 is 55.6 Å². The lowest BCUT2D eigenvalue weighted by atomic mass is 10.1. The van der Waals surface area contributed by atoms with E-state index in [9.17, 15) is 13.2 Å². The van der Waals surface area contributed by atoms with Gasteiger partial charge in [0.25, 0.3) is 5.91 Å². The van der Waals surface area contributed by atoms with E-state index in [1.807, 2.05) is 25.1 Å². The highest BCUT2D eigenvalue weighted by molar-refractivity contribution is 7.90. The highest BCUT2D eigenvalue weighted by Gasteiger charge is 2.24. The fraction of sp³-hybridized carbons (Fsp3) is 0.387. The molecule has 2 aliphatic rings. The number of amides is 1. The van der Waals surface area contributed by atoms with Crippen LogP contribution in [0.2, 0.25) is 5.02 Å². The van der Waals surface area contributed by atoms with E-state index in [-0.39, 0.29) is 34.1 Å². The number of carbonyl (C=O) groups excluding carboxylic acids is 1. The fourth-order valence-electron chi connectivity index (χ4n) is 5.56. The number of carbonyl (C=O) groups is 1. The summed E-state index contributed by atoms with van der Waals surface area (Å²) in [4.78, 5) is 22.8. The van der Waals surface area contributed by atoms with Gasteiger partial charge >= 0.3 is 0 Å². The summed E-state index contributed by atoms with van der Waals surface area (Å²) in [6.45, 7) is 6.94. The Labute approximate surface area is 261 Å². The normalized spacial score (nSPS) is 16.8. The number of H-pyrrole nitrogens is 1. The average Bonchev–Trinajstić information content (AvgIpc) is 3.41. The lowest BCUT2D eigenvalue weighted by molar-refractivity contribution is 0.0904. The van der Waals surface area contributed by atoms with Crippen LogP contribution in [0.1, 0.15) is 34.3 Å². The first-order chi connectivity index (χ1) is 21.2. The number of hydrogen-bond acceptors (Lipinski definition) is 9. The lowest BCUT2D eigenvalue weighted by Crippen LogP contribution is -2.44. The molecule has 44 heavy (non-hydrogen) atoms. The molecule has 4 aromatic rings. The molecule has 1 amide bonds. The molecule has 2 aromatic carbocycles. The Hall–Kier alpha value is -3.71. The first-order valence-corrected chi connectivity index (χ1v) is 16.8. The molecule has 11 nitrogen and oxygen atoms in total. The number of aryl methyl sites for hydroxylation is 1. The van der Waals surface area contributed by atoms with Crippen molar-refractivity contribution < 1.29 is 17.9 Å². The van der Waals surface area contributed by atoms with E-state index in [0.29, 0.717) is 34.9 Å². The number of hydrogen-bond donors (Lipinski definition) is 3. The Morgan fingerprint density at radius 3 is 2.61 bits per heavy atom. The molecule has 0 unspecified atom stereocenters. The number of likely N-dealkylation sites (N-methyl/N-ethyl adjacent to an activating group) is 1. The van der Waals surface area contributed by atoms with Crippen LogP contribution in [0.25, 0.3) is 11.0 Å². The molecular weight excluding hydrogens is 602 g/mol. The summed E-state index contributed by atoms with van der Waals surface area (Å²) in [7, 11) is -1.69. The molecule has 2 aliphatic heterocycles. The number of aromatic nitrogens is 3. The summed E-state index contributed by atoms with van der Waals surface area (Å²) in [6, 6.07) is 14.2. The van der Waals surface area contributed by atoms with Gasteiger partial charge in [-0.05, 0) is 80.4 Å². The van der Waals surface area contributed by atoms with Crippen LogP contribution in [0.15, 0.2) is 53.6 Å². The lowest BCUT2D eigenvalue weighted by Gasteiger charge is -2.34. The first-order valence-electron chi connectivity index (χ1n) is 14.7. The maximum absolute atomic E-state index is 13.7. The molecule has 0 radical (unpaired) electrons. The maximum atomic E-state index is 13.7. The zero-order chi connectivity index (χ0) is 30.8. The van der Waals surface area contributed by atoms with E-state index in [2.05, 4.69) is 42.7 Å². The molecule has 0 saturated carbocycles. The molecule has 0 bridgehead atoms. The number of sulfone groups is 1. The molecule has 4 heterocycles. The number of benzene rings is 2. The van der Waals surface area contributed by atoms with Crippen molar-refractivity contribution in [2.75, 3.05) is 62.0 Å². The molecular formula is C31H36ClN7O4S. The number of nitrogens with one attached hydrogen (secondary N) is 3. The van der Waals surface area contributed by atoms with E-state index >= 15 is 0 Å². The number of fused-ring (bicyclic) bond motifs is 1. The van der Waals surface area contributed by atoms with Crippen molar-refractivity contribution in [3.05, 3.63) is 70.2 Å². The molecule has 2 aromatic heterocycles. The van der Waals surface area contributed by atoms with Crippen LogP contribution < -0.4 is 15.5 Å². The van der Waals surface area contributed by atoms with Gasteiger partial charge in [-0.1, -0.05) is 17.7 Å². The second-order valence-corrected chi connectivity index (χ2v) is 13.8. The number of piperazine rings is 1. The van der Waals surface area contributed by atoms with Gasteiger partial charge in [-0.15, -0.1) is 0 Å². The van der Waals surface area contributed by atoms with Crippen LogP contribution in [0.5, 0.6) is 0 Å². The van der Waals surface area contributed by atoms with Crippen LogP contribution in [0, 0.1) is 6.92 Å². The number of aromatic amines is 1. The maximum Gasteiger partial charge on any atom is 0.259 e. The third-order valence-corrected chi connectivity index (χ3v) is 10.1. The van der Waals surface area contributed by atoms with Crippen LogP contribution in [0.3, 0.4) is 0 Å². The minimum Gasteiger partial charge on any atom is -0.381 e. The van der Waals surface area contributed by atoms with Gasteiger partial charge < -0.3 is 25.2 Å². The molecule has 13 heteroatoms. The summed E-state index contributed by atoms with van der Waals surface area (Å²) < 4.78 is 32.2. The molecule has 232 valence electrons. The smallest absolute Gasteiger partial charge is 0.259 e. The zero-order valence-electron chi connectivity index (χ0n) is 24.8. The Bertz CT molecular complexity index is 1780. The molecule has 0 atom stereocenters. The van der Waals surface area contributed by atoms with Crippen molar-refractivity contribution in [2.45, 2.75) is 36.6 Å². The Kier molecular flexibility index (Phi) is 8.77. The molecule has 0 aliphatic carbocycles. The van der Waals surface area contributed by atoms with Gasteiger partial charge in [0.15, 0.2) is 20.7 Å². The molecule has 0 spiro atoms. The van der Waals surface area contributed by atoms with Crippen LogP contribution in [0.4, 0.5) is 17.2 Å². The summed E-state index contributed by atoms with van der Waals surface area (Å²) in [5.41, 5.74) is 4.44. The van der Waals surface area contributed by atoms with Crippen molar-refractivity contribution in [3.8, 4) is 0 Å². The average molecular weight is 638 g/mol. The standard InChI is InChI=1S/C31H36ClN7O4S/c1-20-3-4-22(32)17-21(20)19-44(41,42)28-8-7-26-29(34-28)30(37-36-26)35-31(40)25-6-5-24(39-13-11-38(2)12-14-39)18-27(25)33-23-9-15-43-16-10-23/h3-8,17-18,23,33H,9-16,19H2,1-2H3,(H2,35,36,37,40). The molecule has 3 N–H and O–H groups in total. The summed E-state index contributed by atoms with van der Waals surface area (Å²) >= 11 is 6.12. The van der Waals surface area contributed by atoms with Crippen LogP contribution in [-0.2, 0) is 20.3 Å². The SMILES string of the molecule is Cc1ccc(Cl)cc1CS(=O)(=O)c1ccc2[nH]nc(NC(=O)c3ccc(N4CCN(C)CC4)cc3NC3CCOCC3)c2n1. The van der Waals surface area contributed by atoms with Gasteiger partial charge in [0, 0.05) is 61.8 Å². The number of ether oxygens (including phenoxy) is 1. The van der Waals surface area contributed by atoms with Crippen molar-refractivity contribution in [3.63, 3.8) is 0 Å². The van der Waals surface area contributed by atoms with E-state index in [1.54, 1.807) is 24.3 Å². The van der Waals surface area contributed by atoms with Crippen molar-refractivity contribution in [1.82, 2.24) is 20.1 Å². The summed E-state index contributed by atoms with van der Waals surface area (Å²) in [5, 5.41) is 13.9. The summed E-state index contributed by atoms with van der Waals surface area (Å²) in [6.07, 6.45) is 1.69. The third-order valence-electron chi connectivity index (χ3n) is 8.29. The van der Waals surface area contributed by atoms with Gasteiger partial charge in [-0.2, -0.15) is 5.10 Å². The van der Waals surface area contributed by atoms with E-state index in [0.717, 1.165) is 56.0 Å². The number of nitrogens with zero attached hydrogens (tertiary/aromatic N) is 4. The Balaban J connectivity index is 1.27. The molecule has 6 rings (SSSR count). The van der Waals surface area contributed by atoms with Crippen molar-refractivity contribution in [1.29, 1.82) is 0 Å². The van der Waals surface area contributed by atoms with Gasteiger partial charge in [0.05, 0.1) is 16.8 Å². The van der Waals surface area contributed by atoms with Crippen molar-refractivity contribution in [2.24, 2.45) is 0 Å². The minimum absolute atomic E-state index is 0.111. The first kappa shape index (κ1) is 30.3. The highest BCUT2D eigenvalue weighted by atomic mass is 35.5. The van der Waals surface area contributed by atoms with Gasteiger partial charge in [0.1, 0.15) is 5.52 Å². The second kappa shape index (κ2) is 12.7. The Morgan fingerprint density at radius 1 is 1.07 bits per heavy atom. The predicted octanol–water partition coefficient (Wildman–Crippen LogP) is 4.49. The number of anilines is 3. The highest BCUT2D eigenvalue weighted by Crippen LogP contribution is 2.29. The molecule has 2 saturated heterocycles. The topological polar surface area (TPSA) is 133 Å². The van der Waals surface area contributed by atoms with E-state index in [1.165, 1.54) is 6.07 Å². The predicted molar refractivity (Wildman–Crippen MR) is 173 cm³/mol. The fourth-order valence-corrected chi connectivity index (χ4v) is 7.13. The van der Waals surface area contributed by atoms with E-state index < -0.39 is 9.84 Å². The number of halogens is 1. The van der Waals surface area contributed by atoms with Crippen LogP contribution >= 0.6 is 11.6 Å². The largest absolute Gasteiger partial charge is 0.381 e. The monoisotopic (exact) mass is 637 g/mol. The number of rotatable bonds is 8. The van der Waals surface area contributed by atoms with E-state index in [4.69, 9.17) is 16.3 Å². The second-order valence-electron chi connectivity index (χ2n) is 11.5. The van der Waals surface area contributed by atoms with Gasteiger partial charge in [-0.3, -0.25) is 9.89 Å². The molecule has 2 fully saturated rings. The summed E-state index contributed by atoms with van der Waals surface area (Å²) in [5.74, 6) is -0.470. The Morgan fingerprint density at radius 2 is 1.84 bits per heavy atom. The van der Waals surface area contributed by atoms with Crippen LogP contribution in [-0.4, -0.2) is 86.9 Å². The van der Waals surface area contributed by atoms with Gasteiger partial charge in [0.2, 0.25) is 0 Å². The van der Waals surface area contributed by atoms with Gasteiger partial charge in [-0.25, -0.2) is 13.4 Å². The minimum atomic E-state index is -3.81. The third kappa shape index (κ3) is 6.68. The number of pyridine rings is 1.